The number of nitrogens with zero attached hydrogens (tertiary/aromatic N) is 1. The molecule has 1 atom stereocenters. The fourth-order valence-corrected chi connectivity index (χ4v) is 1.27. The van der Waals surface area contributed by atoms with Gasteiger partial charge >= 0.3 is 0 Å². The highest BCUT2D eigenvalue weighted by Crippen LogP contribution is 1.99. The molecule has 0 bridgehead atoms. The van der Waals surface area contributed by atoms with E-state index in [1.54, 1.807) is 6.08 Å². The molecular weight excluding hydrogens is 222 g/mol. The first-order valence-corrected chi connectivity index (χ1v) is 5.49. The summed E-state index contributed by atoms with van der Waals surface area (Å²) in [5.41, 5.74) is 2.63. The summed E-state index contributed by atoms with van der Waals surface area (Å²) >= 11 is 0. The Labute approximate surface area is 100 Å². The van der Waals surface area contributed by atoms with E-state index in [0.717, 1.165) is 0 Å². The minimum Gasteiger partial charge on any atom is -0.373 e. The number of hydrazone groups is 1. The zero-order chi connectivity index (χ0) is 12.7. The molecule has 0 aromatic heterocycles. The molecule has 6 heteroatoms. The molecule has 1 heterocycles. The Hall–Kier alpha value is -1.69. The normalized spacial score (nSPS) is 16.8. The standard InChI is InChI=1S/C11H17N3O3/c1-3-6-17-8(2)7-12-11(16)9-4-5-10(15)14-13-9/h3,8H,1,4-7H2,2H3,(H,12,16)(H,14,15). The summed E-state index contributed by atoms with van der Waals surface area (Å²) in [4.78, 5) is 22.5. The van der Waals surface area contributed by atoms with Crippen LogP contribution in [0.4, 0.5) is 0 Å². The second-order valence-corrected chi connectivity index (χ2v) is 3.74. The summed E-state index contributed by atoms with van der Waals surface area (Å²) < 4.78 is 5.30. The number of amides is 2. The Morgan fingerprint density at radius 2 is 2.47 bits per heavy atom. The number of carbonyl (C=O) groups excluding carboxylic acids is 2. The first-order valence-electron chi connectivity index (χ1n) is 5.49. The molecule has 1 rings (SSSR count). The molecule has 1 aliphatic rings. The molecule has 0 spiro atoms. The number of rotatable bonds is 6. The lowest BCUT2D eigenvalue weighted by molar-refractivity contribution is -0.121. The molecular formula is C11H17N3O3. The maximum absolute atomic E-state index is 11.6. The maximum atomic E-state index is 11.6. The van der Waals surface area contributed by atoms with E-state index in [4.69, 9.17) is 4.74 Å². The summed E-state index contributed by atoms with van der Waals surface area (Å²) in [7, 11) is 0. The van der Waals surface area contributed by atoms with Gasteiger partial charge in [-0.25, -0.2) is 5.43 Å². The lowest BCUT2D eigenvalue weighted by Gasteiger charge is -2.15. The average molecular weight is 239 g/mol. The second-order valence-electron chi connectivity index (χ2n) is 3.74. The predicted molar refractivity (Wildman–Crippen MR) is 63.4 cm³/mol. The van der Waals surface area contributed by atoms with Crippen LogP contribution in [0.1, 0.15) is 19.8 Å². The van der Waals surface area contributed by atoms with Gasteiger partial charge in [0.1, 0.15) is 5.71 Å². The van der Waals surface area contributed by atoms with Crippen molar-refractivity contribution < 1.29 is 14.3 Å². The van der Waals surface area contributed by atoms with Gasteiger partial charge in [0.05, 0.1) is 12.7 Å². The van der Waals surface area contributed by atoms with Crippen LogP contribution < -0.4 is 10.7 Å². The summed E-state index contributed by atoms with van der Waals surface area (Å²) in [6.45, 7) is 6.25. The number of carbonyl (C=O) groups is 2. The van der Waals surface area contributed by atoms with Crippen molar-refractivity contribution in [3.05, 3.63) is 12.7 Å². The monoisotopic (exact) mass is 239 g/mol. The molecule has 2 amide bonds. The topological polar surface area (TPSA) is 79.8 Å². The largest absolute Gasteiger partial charge is 0.373 e. The van der Waals surface area contributed by atoms with Crippen LogP contribution in [0.25, 0.3) is 0 Å². The Morgan fingerprint density at radius 3 is 3.06 bits per heavy atom. The van der Waals surface area contributed by atoms with E-state index in [1.807, 2.05) is 6.92 Å². The van der Waals surface area contributed by atoms with Crippen LogP contribution >= 0.6 is 0 Å². The lowest BCUT2D eigenvalue weighted by atomic mass is 10.1. The van der Waals surface area contributed by atoms with Crippen molar-refractivity contribution in [2.24, 2.45) is 5.10 Å². The van der Waals surface area contributed by atoms with Crippen molar-refractivity contribution in [2.45, 2.75) is 25.9 Å². The molecule has 1 unspecified atom stereocenters. The molecule has 1 aliphatic heterocycles. The molecule has 0 radical (unpaired) electrons. The van der Waals surface area contributed by atoms with Crippen LogP contribution in [0.2, 0.25) is 0 Å². The molecule has 6 nitrogen and oxygen atoms in total. The molecule has 0 aliphatic carbocycles. The highest BCUT2D eigenvalue weighted by Gasteiger charge is 2.18. The highest BCUT2D eigenvalue weighted by atomic mass is 16.5. The van der Waals surface area contributed by atoms with E-state index in [-0.39, 0.29) is 17.9 Å². The van der Waals surface area contributed by atoms with Gasteiger partial charge in [0.2, 0.25) is 5.91 Å². The van der Waals surface area contributed by atoms with Crippen LogP contribution in [0, 0.1) is 0 Å². The Kier molecular flexibility index (Phi) is 5.35. The highest BCUT2D eigenvalue weighted by molar-refractivity contribution is 6.39. The van der Waals surface area contributed by atoms with E-state index >= 15 is 0 Å². The minimum absolute atomic E-state index is 0.0873. The van der Waals surface area contributed by atoms with Crippen molar-refractivity contribution in [3.63, 3.8) is 0 Å². The first kappa shape index (κ1) is 13.4. The Morgan fingerprint density at radius 1 is 1.71 bits per heavy atom. The SMILES string of the molecule is C=CCOC(C)CNC(=O)C1=NNC(=O)CC1. The van der Waals surface area contributed by atoms with Crippen molar-refractivity contribution in [2.75, 3.05) is 13.2 Å². The maximum Gasteiger partial charge on any atom is 0.267 e. The second kappa shape index (κ2) is 6.80. The first-order chi connectivity index (χ1) is 8.13. The summed E-state index contributed by atoms with van der Waals surface area (Å²) in [5, 5.41) is 6.39. The van der Waals surface area contributed by atoms with Crippen LogP contribution in [0.5, 0.6) is 0 Å². The smallest absolute Gasteiger partial charge is 0.267 e. The fraction of sp³-hybridized carbons (Fsp3) is 0.545. The van der Waals surface area contributed by atoms with E-state index in [2.05, 4.69) is 22.4 Å². The van der Waals surface area contributed by atoms with Gasteiger partial charge in [0, 0.05) is 19.4 Å². The summed E-state index contributed by atoms with van der Waals surface area (Å²) in [6, 6.07) is 0. The molecule has 94 valence electrons. The van der Waals surface area contributed by atoms with E-state index in [1.165, 1.54) is 0 Å². The lowest BCUT2D eigenvalue weighted by Crippen LogP contribution is -2.40. The van der Waals surface area contributed by atoms with Crippen LogP contribution in [-0.4, -0.2) is 36.8 Å². The third-order valence-corrected chi connectivity index (χ3v) is 2.22. The number of ether oxygens (including phenoxy) is 1. The van der Waals surface area contributed by atoms with Crippen molar-refractivity contribution in [1.82, 2.24) is 10.7 Å². The van der Waals surface area contributed by atoms with Crippen LogP contribution in [0.15, 0.2) is 17.8 Å². The molecule has 0 aromatic carbocycles. The van der Waals surface area contributed by atoms with Crippen LogP contribution in [-0.2, 0) is 14.3 Å². The predicted octanol–water partition coefficient (Wildman–Crippen LogP) is -0.0403. The van der Waals surface area contributed by atoms with Gasteiger partial charge in [-0.15, -0.1) is 6.58 Å². The summed E-state index contributed by atoms with van der Waals surface area (Å²) in [6.07, 6.45) is 2.24. The molecule has 17 heavy (non-hydrogen) atoms. The third kappa shape index (κ3) is 4.78. The number of hydrogen-bond donors (Lipinski definition) is 2. The van der Waals surface area contributed by atoms with Gasteiger partial charge in [0.15, 0.2) is 0 Å². The fourth-order valence-electron chi connectivity index (χ4n) is 1.27. The van der Waals surface area contributed by atoms with Crippen molar-refractivity contribution in [1.29, 1.82) is 0 Å². The van der Waals surface area contributed by atoms with Gasteiger partial charge in [-0.05, 0) is 6.92 Å². The average Bonchev–Trinajstić information content (AvgIpc) is 2.34. The van der Waals surface area contributed by atoms with E-state index in [0.29, 0.717) is 31.7 Å². The third-order valence-electron chi connectivity index (χ3n) is 2.22. The molecule has 2 N–H and O–H groups in total. The molecule has 0 fully saturated rings. The summed E-state index contributed by atoms with van der Waals surface area (Å²) in [5.74, 6) is -0.428. The van der Waals surface area contributed by atoms with Crippen LogP contribution in [0.3, 0.4) is 0 Å². The van der Waals surface area contributed by atoms with Crippen molar-refractivity contribution >= 4 is 17.5 Å². The van der Waals surface area contributed by atoms with Crippen molar-refractivity contribution in [3.8, 4) is 0 Å². The van der Waals surface area contributed by atoms with Gasteiger partial charge in [-0.2, -0.15) is 5.10 Å². The molecule has 0 saturated heterocycles. The van der Waals surface area contributed by atoms with Gasteiger partial charge in [0.25, 0.3) is 5.91 Å². The van der Waals surface area contributed by atoms with Gasteiger partial charge < -0.3 is 10.1 Å². The molecule has 0 aromatic rings. The Bertz CT molecular complexity index is 339. The zero-order valence-electron chi connectivity index (χ0n) is 9.86. The minimum atomic E-state index is -0.265. The molecule has 0 saturated carbocycles. The zero-order valence-corrected chi connectivity index (χ0v) is 9.86. The van der Waals surface area contributed by atoms with Gasteiger partial charge in [-0.3, -0.25) is 9.59 Å². The quantitative estimate of drug-likeness (QED) is 0.638. The van der Waals surface area contributed by atoms with E-state index in [9.17, 15) is 9.59 Å². The number of hydrogen-bond acceptors (Lipinski definition) is 4. The number of nitrogens with one attached hydrogen (secondary N) is 2. The van der Waals surface area contributed by atoms with E-state index < -0.39 is 0 Å². The van der Waals surface area contributed by atoms with Gasteiger partial charge in [-0.1, -0.05) is 6.08 Å². The Balaban J connectivity index is 2.29.